The Bertz CT molecular complexity index is 1250. The van der Waals surface area contributed by atoms with Crippen molar-refractivity contribution in [3.8, 4) is 0 Å². The summed E-state index contributed by atoms with van der Waals surface area (Å²) in [6, 6.07) is 6.20. The number of anilines is 1. The van der Waals surface area contributed by atoms with E-state index in [1.807, 2.05) is 33.9 Å². The lowest BCUT2D eigenvalue weighted by Crippen LogP contribution is -2.52. The third-order valence-corrected chi connectivity index (χ3v) is 7.99. The number of nitrogens with one attached hydrogen (secondary N) is 1. The van der Waals surface area contributed by atoms with Gasteiger partial charge in [0.25, 0.3) is 0 Å². The highest BCUT2D eigenvalue weighted by Crippen LogP contribution is 2.32. The molecule has 10 nitrogen and oxygen atoms in total. The van der Waals surface area contributed by atoms with E-state index in [9.17, 15) is 14.4 Å². The fourth-order valence-electron chi connectivity index (χ4n) is 5.85. The summed E-state index contributed by atoms with van der Waals surface area (Å²) >= 11 is 0. The Morgan fingerprint density at radius 3 is 2.54 bits per heavy atom. The monoisotopic (exact) mass is 542 g/mol. The number of benzene rings is 1. The van der Waals surface area contributed by atoms with Crippen molar-refractivity contribution in [1.82, 2.24) is 24.9 Å². The minimum absolute atomic E-state index is 0.0884. The average molecular weight is 543 g/mol. The molecule has 1 aromatic heterocycles. The molecule has 11 heteroatoms. The molecule has 2 aromatic rings. The van der Waals surface area contributed by atoms with Gasteiger partial charge >= 0.3 is 6.09 Å². The number of rotatable bonds is 4. The molecule has 3 atom stereocenters. The number of ether oxygens (including phenoxy) is 1. The molecule has 3 fully saturated rings. The topological polar surface area (TPSA) is 100 Å². The summed E-state index contributed by atoms with van der Waals surface area (Å²) in [5.41, 5.74) is 2.17. The predicted octanol–water partition coefficient (Wildman–Crippen LogP) is 2.81. The minimum atomic E-state index is -1.06. The molecule has 1 aromatic carbocycles. The first-order valence-corrected chi connectivity index (χ1v) is 13.9. The zero-order valence-electron chi connectivity index (χ0n) is 23.3. The Morgan fingerprint density at radius 2 is 1.87 bits per heavy atom. The van der Waals surface area contributed by atoms with Crippen LogP contribution in [0.1, 0.15) is 51.6 Å². The van der Waals surface area contributed by atoms with E-state index in [0.717, 1.165) is 42.8 Å². The number of carbonyl (C=O) groups excluding carboxylic acids is 3. The molecule has 1 N–H and O–H groups in total. The van der Waals surface area contributed by atoms with Crippen molar-refractivity contribution in [2.24, 2.45) is 13.0 Å². The molecule has 3 aliphatic rings. The first-order chi connectivity index (χ1) is 18.5. The summed E-state index contributed by atoms with van der Waals surface area (Å²) in [6.45, 7) is 10.1. The fourth-order valence-corrected chi connectivity index (χ4v) is 5.85. The molecule has 5 rings (SSSR count). The molecule has 212 valence electrons. The minimum Gasteiger partial charge on any atom is -0.444 e. The molecule has 4 heterocycles. The highest BCUT2D eigenvalue weighted by Gasteiger charge is 2.35. The highest BCUT2D eigenvalue weighted by atomic mass is 19.1. The Morgan fingerprint density at radius 1 is 1.13 bits per heavy atom. The Balaban J connectivity index is 1.16. The van der Waals surface area contributed by atoms with Gasteiger partial charge < -0.3 is 14.5 Å². The molecular formula is C28H39FN6O4. The van der Waals surface area contributed by atoms with Gasteiger partial charge in [0.05, 0.1) is 23.7 Å². The molecule has 3 aliphatic heterocycles. The largest absolute Gasteiger partial charge is 0.444 e. The smallest absolute Gasteiger partial charge is 0.410 e. The number of nitrogens with zero attached hydrogens (tertiary/aromatic N) is 5. The van der Waals surface area contributed by atoms with Crippen LogP contribution in [0.15, 0.2) is 18.2 Å². The highest BCUT2D eigenvalue weighted by molar-refractivity contribution is 6.02. The lowest BCUT2D eigenvalue weighted by Gasteiger charge is -2.40. The molecule has 0 bridgehead atoms. The van der Waals surface area contributed by atoms with Crippen molar-refractivity contribution in [1.29, 1.82) is 0 Å². The van der Waals surface area contributed by atoms with E-state index >= 15 is 4.39 Å². The lowest BCUT2D eigenvalue weighted by molar-refractivity contribution is -0.134. The van der Waals surface area contributed by atoms with Crippen molar-refractivity contribution in [2.45, 2.75) is 57.7 Å². The number of piperidine rings is 2. The number of likely N-dealkylation sites (tertiary alicyclic amines) is 1. The van der Waals surface area contributed by atoms with Gasteiger partial charge in [0.2, 0.25) is 11.8 Å². The maximum Gasteiger partial charge on any atom is 0.410 e. The first-order valence-electron chi connectivity index (χ1n) is 13.9. The number of aromatic nitrogens is 2. The van der Waals surface area contributed by atoms with E-state index in [1.54, 1.807) is 4.68 Å². The van der Waals surface area contributed by atoms with Gasteiger partial charge in [-0.3, -0.25) is 24.5 Å². The van der Waals surface area contributed by atoms with Crippen molar-refractivity contribution < 1.29 is 23.5 Å². The van der Waals surface area contributed by atoms with Crippen molar-refractivity contribution >= 4 is 34.5 Å². The molecule has 3 amide bonds. The van der Waals surface area contributed by atoms with Gasteiger partial charge in [-0.25, -0.2) is 9.18 Å². The molecule has 0 aliphatic carbocycles. The van der Waals surface area contributed by atoms with E-state index in [4.69, 9.17) is 4.74 Å². The van der Waals surface area contributed by atoms with Crippen LogP contribution in [0.5, 0.6) is 0 Å². The maximum absolute atomic E-state index is 15.0. The standard InChI is InChI=1S/C28H39FN6O4/c1-28(2,3)39-27(38)35-10-9-18(22(29)17-35)16-33-11-13-34(14-12-33)19-5-6-20-23(15-19)32(4)31-25(20)21-7-8-24(36)30-26(21)37/h5-6,15,18,21-22H,7-14,16-17H2,1-4H3,(H,30,36,37)/t18-,21?,22-/m0/s1. The average Bonchev–Trinajstić information content (AvgIpc) is 3.20. The van der Waals surface area contributed by atoms with E-state index in [1.165, 1.54) is 4.90 Å². The van der Waals surface area contributed by atoms with Crippen molar-refractivity contribution in [2.75, 3.05) is 50.7 Å². The van der Waals surface area contributed by atoms with Crippen LogP contribution in [0.25, 0.3) is 10.9 Å². The number of alkyl halides is 1. The lowest BCUT2D eigenvalue weighted by atomic mass is 9.93. The quantitative estimate of drug-likeness (QED) is 0.593. The first kappa shape index (κ1) is 27.4. The Labute approximate surface area is 228 Å². The van der Waals surface area contributed by atoms with Crippen molar-refractivity contribution in [3.63, 3.8) is 0 Å². The third-order valence-electron chi connectivity index (χ3n) is 7.99. The van der Waals surface area contributed by atoms with E-state index < -0.39 is 23.8 Å². The van der Waals surface area contributed by atoms with Crippen LogP contribution in [0.2, 0.25) is 0 Å². The normalized spacial score (nSPS) is 25.2. The van der Waals surface area contributed by atoms with Crippen LogP contribution in [0.4, 0.5) is 14.9 Å². The summed E-state index contributed by atoms with van der Waals surface area (Å²) in [5.74, 6) is -1.02. The van der Waals surface area contributed by atoms with E-state index in [-0.39, 0.29) is 24.3 Å². The maximum atomic E-state index is 15.0. The number of hydrogen-bond acceptors (Lipinski definition) is 7. The zero-order valence-corrected chi connectivity index (χ0v) is 23.3. The molecule has 0 radical (unpaired) electrons. The summed E-state index contributed by atoms with van der Waals surface area (Å²) < 4.78 is 22.2. The number of hydrogen-bond donors (Lipinski definition) is 1. The van der Waals surface area contributed by atoms with Crippen molar-refractivity contribution in [3.05, 3.63) is 23.9 Å². The zero-order chi connectivity index (χ0) is 27.9. The number of aryl methyl sites for hydroxylation is 1. The van der Waals surface area contributed by atoms with Gasteiger partial charge in [0.15, 0.2) is 0 Å². The van der Waals surface area contributed by atoms with E-state index in [0.29, 0.717) is 38.0 Å². The second-order valence-electron chi connectivity index (χ2n) is 12.0. The van der Waals surface area contributed by atoms with Gasteiger partial charge in [0, 0.05) is 69.7 Å². The molecule has 3 saturated heterocycles. The Hall–Kier alpha value is -3.21. The summed E-state index contributed by atoms with van der Waals surface area (Å²) in [7, 11) is 1.88. The molecule has 1 unspecified atom stereocenters. The number of carbonyl (C=O) groups is 3. The molecular weight excluding hydrogens is 503 g/mol. The third kappa shape index (κ3) is 6.03. The number of halogens is 1. The van der Waals surface area contributed by atoms with Crippen LogP contribution in [-0.4, -0.2) is 95.1 Å². The summed E-state index contributed by atoms with van der Waals surface area (Å²) in [4.78, 5) is 42.4. The van der Waals surface area contributed by atoms with Crippen LogP contribution in [0, 0.1) is 5.92 Å². The van der Waals surface area contributed by atoms with Gasteiger partial charge in [-0.1, -0.05) is 0 Å². The van der Waals surface area contributed by atoms with Crippen LogP contribution in [0.3, 0.4) is 0 Å². The second kappa shape index (κ2) is 10.7. The number of amides is 3. The predicted molar refractivity (Wildman–Crippen MR) is 145 cm³/mol. The Kier molecular flexibility index (Phi) is 7.54. The van der Waals surface area contributed by atoms with Crippen LogP contribution >= 0.6 is 0 Å². The summed E-state index contributed by atoms with van der Waals surface area (Å²) in [6.07, 6.45) is -0.0712. The van der Waals surface area contributed by atoms with Gasteiger partial charge in [-0.05, 0) is 51.8 Å². The number of piperazine rings is 1. The van der Waals surface area contributed by atoms with Gasteiger partial charge in [-0.15, -0.1) is 0 Å². The van der Waals surface area contributed by atoms with E-state index in [2.05, 4.69) is 32.3 Å². The van der Waals surface area contributed by atoms with Gasteiger partial charge in [-0.2, -0.15) is 5.10 Å². The molecule has 39 heavy (non-hydrogen) atoms. The second-order valence-corrected chi connectivity index (χ2v) is 12.0. The molecule has 0 spiro atoms. The summed E-state index contributed by atoms with van der Waals surface area (Å²) in [5, 5.41) is 8.00. The fraction of sp³-hybridized carbons (Fsp3) is 0.643. The van der Waals surface area contributed by atoms with Gasteiger partial charge in [0.1, 0.15) is 11.8 Å². The van der Waals surface area contributed by atoms with Crippen LogP contribution < -0.4 is 10.2 Å². The van der Waals surface area contributed by atoms with Crippen LogP contribution in [-0.2, 0) is 21.4 Å². The number of imide groups is 1. The number of fused-ring (bicyclic) bond motifs is 1. The molecule has 0 saturated carbocycles. The SMILES string of the molecule is Cn1nc(C2CCC(=O)NC2=O)c2ccc(N3CCN(C[C@@H]4CCN(C(=O)OC(C)(C)C)C[C@@H]4F)CC3)cc21.